The largest absolute Gasteiger partial charge is 0.391 e. The molecule has 0 spiro atoms. The van der Waals surface area contributed by atoms with Gasteiger partial charge in [0, 0.05) is 0 Å². The van der Waals surface area contributed by atoms with Crippen molar-refractivity contribution in [1.29, 1.82) is 0 Å². The van der Waals surface area contributed by atoms with Gasteiger partial charge in [0.05, 0.1) is 12.1 Å². The first kappa shape index (κ1) is 6.78. The Morgan fingerprint density at radius 3 is 2.89 bits per heavy atom. The Hall–Kier alpha value is -0.340. The molecule has 1 heterocycles. The minimum absolute atomic E-state index is 0.124. The first-order valence-corrected chi connectivity index (χ1v) is 3.38. The van der Waals surface area contributed by atoms with Crippen LogP contribution in [0.2, 0.25) is 0 Å². The quantitative estimate of drug-likeness (QED) is 0.496. The molecule has 0 bridgehead atoms. The van der Waals surface area contributed by atoms with Gasteiger partial charge in [0.1, 0.15) is 0 Å². The molecule has 0 aromatic carbocycles. The monoisotopic (exact) mass is 127 g/mol. The van der Waals surface area contributed by atoms with E-state index in [0.29, 0.717) is 0 Å². The molecule has 0 saturated carbocycles. The van der Waals surface area contributed by atoms with E-state index in [9.17, 15) is 5.11 Å². The van der Waals surface area contributed by atoms with Crippen molar-refractivity contribution in [2.75, 3.05) is 6.54 Å². The third-order valence-corrected chi connectivity index (χ3v) is 1.73. The highest BCUT2D eigenvalue weighted by Gasteiger charge is 2.18. The Morgan fingerprint density at radius 1 is 1.67 bits per heavy atom. The summed E-state index contributed by atoms with van der Waals surface area (Å²) in [5.41, 5.74) is 0. The average molecular weight is 127 g/mol. The summed E-state index contributed by atoms with van der Waals surface area (Å²) in [4.78, 5) is 0. The molecule has 0 radical (unpaired) electrons. The number of nitrogens with one attached hydrogen (secondary N) is 1. The summed E-state index contributed by atoms with van der Waals surface area (Å²) in [7, 11) is 0. The highest BCUT2D eigenvalue weighted by Crippen LogP contribution is 2.07. The molecule has 2 unspecified atom stereocenters. The minimum Gasteiger partial charge on any atom is -0.391 e. The van der Waals surface area contributed by atoms with Crippen LogP contribution in [0.5, 0.6) is 0 Å². The highest BCUT2D eigenvalue weighted by molar-refractivity contribution is 4.93. The second kappa shape index (κ2) is 2.99. The van der Waals surface area contributed by atoms with Crippen molar-refractivity contribution in [3.05, 3.63) is 12.7 Å². The molecule has 2 atom stereocenters. The lowest BCUT2D eigenvalue weighted by Crippen LogP contribution is -2.43. The van der Waals surface area contributed by atoms with Crippen molar-refractivity contribution >= 4 is 0 Å². The zero-order chi connectivity index (χ0) is 6.69. The molecular weight excluding hydrogens is 114 g/mol. The number of aliphatic hydroxyl groups excluding tert-OH is 1. The van der Waals surface area contributed by atoms with Gasteiger partial charge in [-0.1, -0.05) is 6.08 Å². The summed E-state index contributed by atoms with van der Waals surface area (Å²) in [6.45, 7) is 4.62. The van der Waals surface area contributed by atoms with Gasteiger partial charge in [0.15, 0.2) is 0 Å². The molecule has 0 amide bonds. The molecule has 2 N–H and O–H groups in total. The van der Waals surface area contributed by atoms with Crippen LogP contribution in [0, 0.1) is 0 Å². The lowest BCUT2D eigenvalue weighted by atomic mass is 10.0. The van der Waals surface area contributed by atoms with Crippen molar-refractivity contribution in [2.45, 2.75) is 25.0 Å². The zero-order valence-corrected chi connectivity index (χ0v) is 5.51. The number of piperidine rings is 1. The van der Waals surface area contributed by atoms with Crippen LogP contribution in [0.1, 0.15) is 12.8 Å². The van der Waals surface area contributed by atoms with Gasteiger partial charge in [0.2, 0.25) is 0 Å². The summed E-state index contributed by atoms with van der Waals surface area (Å²) < 4.78 is 0. The fourth-order valence-electron chi connectivity index (χ4n) is 1.14. The van der Waals surface area contributed by atoms with E-state index < -0.39 is 0 Å². The van der Waals surface area contributed by atoms with Crippen LogP contribution < -0.4 is 5.32 Å². The predicted octanol–water partition coefficient (Wildman–Crippen LogP) is 0.285. The van der Waals surface area contributed by atoms with Crippen molar-refractivity contribution in [3.63, 3.8) is 0 Å². The molecule has 9 heavy (non-hydrogen) atoms. The third-order valence-electron chi connectivity index (χ3n) is 1.73. The second-order valence-electron chi connectivity index (χ2n) is 2.43. The second-order valence-corrected chi connectivity index (χ2v) is 2.43. The molecule has 2 heteroatoms. The van der Waals surface area contributed by atoms with E-state index in [2.05, 4.69) is 11.9 Å². The van der Waals surface area contributed by atoms with E-state index in [-0.39, 0.29) is 12.1 Å². The normalized spacial score (nSPS) is 36.1. The lowest BCUT2D eigenvalue weighted by Gasteiger charge is -2.25. The maximum absolute atomic E-state index is 9.24. The van der Waals surface area contributed by atoms with Crippen LogP contribution in [-0.2, 0) is 0 Å². The SMILES string of the molecule is C=CC1NCCCC1O. The van der Waals surface area contributed by atoms with Crippen LogP contribution in [0.25, 0.3) is 0 Å². The summed E-state index contributed by atoms with van der Waals surface area (Å²) >= 11 is 0. The Balaban J connectivity index is 2.38. The fraction of sp³-hybridized carbons (Fsp3) is 0.714. The summed E-state index contributed by atoms with van der Waals surface area (Å²) in [6, 6.07) is 0.124. The number of hydrogen-bond donors (Lipinski definition) is 2. The van der Waals surface area contributed by atoms with E-state index in [4.69, 9.17) is 0 Å². The summed E-state index contributed by atoms with van der Waals surface area (Å²) in [5, 5.41) is 12.4. The van der Waals surface area contributed by atoms with Gasteiger partial charge in [-0.15, -0.1) is 6.58 Å². The van der Waals surface area contributed by atoms with Crippen LogP contribution in [0.3, 0.4) is 0 Å². The Kier molecular flexibility index (Phi) is 2.25. The Bertz CT molecular complexity index is 103. The van der Waals surface area contributed by atoms with Gasteiger partial charge in [-0.2, -0.15) is 0 Å². The highest BCUT2D eigenvalue weighted by atomic mass is 16.3. The van der Waals surface area contributed by atoms with Crippen LogP contribution >= 0.6 is 0 Å². The summed E-state index contributed by atoms with van der Waals surface area (Å²) in [5.74, 6) is 0. The van der Waals surface area contributed by atoms with Gasteiger partial charge in [-0.3, -0.25) is 0 Å². The minimum atomic E-state index is -0.212. The average Bonchev–Trinajstić information content (AvgIpc) is 1.89. The zero-order valence-electron chi connectivity index (χ0n) is 5.51. The molecule has 1 rings (SSSR count). The number of rotatable bonds is 1. The van der Waals surface area contributed by atoms with Crippen LogP contribution in [-0.4, -0.2) is 23.8 Å². The molecule has 52 valence electrons. The van der Waals surface area contributed by atoms with Gasteiger partial charge in [-0.25, -0.2) is 0 Å². The fourth-order valence-corrected chi connectivity index (χ4v) is 1.14. The van der Waals surface area contributed by atoms with Gasteiger partial charge >= 0.3 is 0 Å². The molecule has 2 nitrogen and oxygen atoms in total. The van der Waals surface area contributed by atoms with Crippen molar-refractivity contribution < 1.29 is 5.11 Å². The summed E-state index contributed by atoms with van der Waals surface area (Å²) in [6.07, 6.45) is 3.54. The van der Waals surface area contributed by atoms with Gasteiger partial charge in [-0.05, 0) is 19.4 Å². The third kappa shape index (κ3) is 1.53. The number of aliphatic hydroxyl groups is 1. The molecule has 0 aliphatic carbocycles. The maximum atomic E-state index is 9.24. The van der Waals surface area contributed by atoms with Crippen LogP contribution in [0.4, 0.5) is 0 Å². The topological polar surface area (TPSA) is 32.3 Å². The standard InChI is InChI=1S/C7H13NO/c1-2-6-7(9)4-3-5-8-6/h2,6-9H,1,3-5H2. The van der Waals surface area contributed by atoms with Gasteiger partial charge < -0.3 is 10.4 Å². The molecule has 1 aliphatic rings. The van der Waals surface area contributed by atoms with E-state index in [1.54, 1.807) is 6.08 Å². The van der Waals surface area contributed by atoms with Crippen LogP contribution in [0.15, 0.2) is 12.7 Å². The van der Waals surface area contributed by atoms with E-state index in [1.807, 2.05) is 0 Å². The van der Waals surface area contributed by atoms with Crippen molar-refractivity contribution in [1.82, 2.24) is 5.32 Å². The van der Waals surface area contributed by atoms with Crippen molar-refractivity contribution in [3.8, 4) is 0 Å². The molecular formula is C7H13NO. The Morgan fingerprint density at radius 2 is 2.44 bits per heavy atom. The van der Waals surface area contributed by atoms with E-state index in [0.717, 1.165) is 19.4 Å². The Labute approximate surface area is 55.6 Å². The maximum Gasteiger partial charge on any atom is 0.0729 e. The first-order chi connectivity index (χ1) is 4.34. The van der Waals surface area contributed by atoms with E-state index >= 15 is 0 Å². The first-order valence-electron chi connectivity index (χ1n) is 3.38. The molecule has 1 aliphatic heterocycles. The molecule has 0 aromatic heterocycles. The number of hydrogen-bond acceptors (Lipinski definition) is 2. The van der Waals surface area contributed by atoms with E-state index in [1.165, 1.54) is 0 Å². The molecule has 1 fully saturated rings. The predicted molar refractivity (Wildman–Crippen MR) is 37.2 cm³/mol. The van der Waals surface area contributed by atoms with Gasteiger partial charge in [0.25, 0.3) is 0 Å². The van der Waals surface area contributed by atoms with Crippen molar-refractivity contribution in [2.24, 2.45) is 0 Å². The molecule has 1 saturated heterocycles. The lowest BCUT2D eigenvalue weighted by molar-refractivity contribution is 0.115. The molecule has 0 aromatic rings. The smallest absolute Gasteiger partial charge is 0.0729 e.